The molecule has 0 rings (SSSR count). The van der Waals surface area contributed by atoms with Gasteiger partial charge in [0.25, 0.3) is 0 Å². The van der Waals surface area contributed by atoms with Crippen molar-refractivity contribution in [1.29, 1.82) is 0 Å². The molecule has 0 fully saturated rings. The van der Waals surface area contributed by atoms with Gasteiger partial charge in [0.15, 0.2) is 0 Å². The standard InChI is InChI=1S/C38H70/c1-4-6-8-10-12-14-16-18-20-22-24-26-28-30-32-34-36-38(3)37-35-33-31-29-27-25-23-21-19-17-15-13-11-9-7-5-2/h12-15,18-21,38H,4-11,16-17,22-37H2,1-3H3/b14-12-,15-13-,20-18-,21-19-. The zero-order valence-electron chi connectivity index (χ0n) is 26.6. The maximum Gasteiger partial charge on any atom is -0.0169 e. The van der Waals surface area contributed by atoms with Gasteiger partial charge in [-0.25, -0.2) is 0 Å². The molecule has 0 aromatic rings. The molecule has 0 saturated carbocycles. The monoisotopic (exact) mass is 527 g/mol. The molecule has 0 spiro atoms. The summed E-state index contributed by atoms with van der Waals surface area (Å²) in [6, 6.07) is 0. The van der Waals surface area contributed by atoms with Gasteiger partial charge in [0.05, 0.1) is 0 Å². The van der Waals surface area contributed by atoms with E-state index in [0.717, 1.165) is 18.8 Å². The smallest absolute Gasteiger partial charge is 0.0169 e. The van der Waals surface area contributed by atoms with E-state index in [1.165, 1.54) is 154 Å². The van der Waals surface area contributed by atoms with Gasteiger partial charge in [-0.2, -0.15) is 0 Å². The summed E-state index contributed by atoms with van der Waals surface area (Å²) in [5, 5.41) is 0. The Bertz CT molecular complexity index is 486. The Hall–Kier alpha value is -1.04. The maximum absolute atomic E-state index is 2.49. The Kier molecular flexibility index (Phi) is 33.1. The normalized spacial score (nSPS) is 12.5. The lowest BCUT2D eigenvalue weighted by atomic mass is 9.96. The molecule has 0 unspecified atom stereocenters. The summed E-state index contributed by atoms with van der Waals surface area (Å²) < 4.78 is 0. The van der Waals surface area contributed by atoms with Crippen molar-refractivity contribution in [3.05, 3.63) is 48.6 Å². The van der Waals surface area contributed by atoms with Crippen LogP contribution in [0.25, 0.3) is 0 Å². The largest absolute Gasteiger partial charge is 0.0882 e. The second-order valence-electron chi connectivity index (χ2n) is 11.9. The molecule has 0 radical (unpaired) electrons. The van der Waals surface area contributed by atoms with Crippen molar-refractivity contribution >= 4 is 0 Å². The van der Waals surface area contributed by atoms with E-state index in [1.807, 2.05) is 0 Å². The topological polar surface area (TPSA) is 0 Å². The first-order valence-corrected chi connectivity index (χ1v) is 17.4. The van der Waals surface area contributed by atoms with Crippen molar-refractivity contribution < 1.29 is 0 Å². The Morgan fingerprint density at radius 2 is 0.632 bits per heavy atom. The molecular weight excluding hydrogens is 456 g/mol. The van der Waals surface area contributed by atoms with Gasteiger partial charge in [0.1, 0.15) is 0 Å². The van der Waals surface area contributed by atoms with Crippen molar-refractivity contribution in [3.63, 3.8) is 0 Å². The molecule has 0 atom stereocenters. The summed E-state index contributed by atoms with van der Waals surface area (Å²) in [6.45, 7) is 7.03. The second kappa shape index (κ2) is 34.0. The van der Waals surface area contributed by atoms with Crippen LogP contribution < -0.4 is 0 Å². The van der Waals surface area contributed by atoms with E-state index >= 15 is 0 Å². The van der Waals surface area contributed by atoms with Crippen LogP contribution in [0.3, 0.4) is 0 Å². The summed E-state index contributed by atoms with van der Waals surface area (Å²) in [7, 11) is 0. The van der Waals surface area contributed by atoms with Gasteiger partial charge in [-0.05, 0) is 70.1 Å². The SMILES string of the molecule is CCCCC/C=C\C/C=C\CCCCCCCCC(C)CCCCCCCC/C=C\C/C=C\CCCCC. The maximum atomic E-state index is 2.49. The summed E-state index contributed by atoms with van der Waals surface area (Å²) >= 11 is 0. The summed E-state index contributed by atoms with van der Waals surface area (Å²) in [6.07, 6.45) is 54.4. The molecule has 0 heteroatoms. The van der Waals surface area contributed by atoms with Gasteiger partial charge in [-0.1, -0.05) is 172 Å². The van der Waals surface area contributed by atoms with Crippen molar-refractivity contribution in [3.8, 4) is 0 Å². The van der Waals surface area contributed by atoms with Crippen LogP contribution in [-0.2, 0) is 0 Å². The van der Waals surface area contributed by atoms with Crippen LogP contribution in [0.2, 0.25) is 0 Å². The van der Waals surface area contributed by atoms with Crippen molar-refractivity contribution in [2.75, 3.05) is 0 Å². The number of allylic oxidation sites excluding steroid dienone is 8. The zero-order valence-corrected chi connectivity index (χ0v) is 26.6. The summed E-state index contributed by atoms with van der Waals surface area (Å²) in [5.41, 5.74) is 0. The highest BCUT2D eigenvalue weighted by atomic mass is 14.1. The highest BCUT2D eigenvalue weighted by molar-refractivity contribution is 4.93. The van der Waals surface area contributed by atoms with E-state index in [4.69, 9.17) is 0 Å². The predicted octanol–water partition coefficient (Wildman–Crippen LogP) is 14.0. The van der Waals surface area contributed by atoms with E-state index in [-0.39, 0.29) is 0 Å². The van der Waals surface area contributed by atoms with Crippen LogP contribution in [-0.4, -0.2) is 0 Å². The minimum Gasteiger partial charge on any atom is -0.0882 e. The van der Waals surface area contributed by atoms with Crippen LogP contribution in [0.4, 0.5) is 0 Å². The summed E-state index contributed by atoms with van der Waals surface area (Å²) in [4.78, 5) is 0. The minimum atomic E-state index is 0.937. The first kappa shape index (κ1) is 37.0. The van der Waals surface area contributed by atoms with Crippen LogP contribution in [0.5, 0.6) is 0 Å². The van der Waals surface area contributed by atoms with Crippen molar-refractivity contribution in [2.24, 2.45) is 5.92 Å². The molecule has 0 saturated heterocycles. The predicted molar refractivity (Wildman–Crippen MR) is 177 cm³/mol. The van der Waals surface area contributed by atoms with Crippen LogP contribution in [0, 0.1) is 5.92 Å². The Balaban J connectivity index is 3.29. The zero-order chi connectivity index (χ0) is 27.6. The van der Waals surface area contributed by atoms with E-state index < -0.39 is 0 Å². The van der Waals surface area contributed by atoms with E-state index in [9.17, 15) is 0 Å². The van der Waals surface area contributed by atoms with Crippen molar-refractivity contribution in [1.82, 2.24) is 0 Å². The molecule has 0 aliphatic rings. The number of hydrogen-bond donors (Lipinski definition) is 0. The van der Waals surface area contributed by atoms with Gasteiger partial charge in [0.2, 0.25) is 0 Å². The third-order valence-electron chi connectivity index (χ3n) is 7.80. The molecule has 0 heterocycles. The molecule has 0 aliphatic heterocycles. The average Bonchev–Trinajstić information content (AvgIpc) is 2.92. The second-order valence-corrected chi connectivity index (χ2v) is 11.9. The van der Waals surface area contributed by atoms with Gasteiger partial charge in [-0.15, -0.1) is 0 Å². The molecule has 0 nitrogen and oxygen atoms in total. The fraction of sp³-hybridized carbons (Fsp3) is 0.789. The minimum absolute atomic E-state index is 0.937. The third kappa shape index (κ3) is 33.0. The quantitative estimate of drug-likeness (QED) is 0.0644. The molecule has 0 bridgehead atoms. The molecule has 0 N–H and O–H groups in total. The third-order valence-corrected chi connectivity index (χ3v) is 7.80. The van der Waals surface area contributed by atoms with E-state index in [1.54, 1.807) is 0 Å². The van der Waals surface area contributed by atoms with Crippen LogP contribution in [0.15, 0.2) is 48.6 Å². The molecule has 0 aromatic heterocycles. The van der Waals surface area contributed by atoms with Gasteiger partial charge in [-0.3, -0.25) is 0 Å². The lowest BCUT2D eigenvalue weighted by Crippen LogP contribution is -1.95. The molecular formula is C38H70. The fourth-order valence-electron chi connectivity index (χ4n) is 5.11. The fourth-order valence-corrected chi connectivity index (χ4v) is 5.11. The van der Waals surface area contributed by atoms with Gasteiger partial charge >= 0.3 is 0 Å². The number of unbranched alkanes of at least 4 members (excludes halogenated alkanes) is 18. The van der Waals surface area contributed by atoms with E-state index in [2.05, 4.69) is 69.4 Å². The molecule has 0 aliphatic carbocycles. The highest BCUT2D eigenvalue weighted by Crippen LogP contribution is 2.19. The Morgan fingerprint density at radius 3 is 0.974 bits per heavy atom. The Morgan fingerprint density at radius 1 is 0.342 bits per heavy atom. The average molecular weight is 527 g/mol. The van der Waals surface area contributed by atoms with Crippen LogP contribution >= 0.6 is 0 Å². The number of hydrogen-bond acceptors (Lipinski definition) is 0. The first-order chi connectivity index (χ1) is 18.8. The molecule has 0 amide bonds. The molecule has 222 valence electrons. The highest BCUT2D eigenvalue weighted by Gasteiger charge is 2.02. The lowest BCUT2D eigenvalue weighted by Gasteiger charge is -2.11. The summed E-state index contributed by atoms with van der Waals surface area (Å²) in [5.74, 6) is 0.937. The van der Waals surface area contributed by atoms with Gasteiger partial charge in [0, 0.05) is 0 Å². The first-order valence-electron chi connectivity index (χ1n) is 17.4. The van der Waals surface area contributed by atoms with Crippen molar-refractivity contribution in [2.45, 2.75) is 188 Å². The van der Waals surface area contributed by atoms with Gasteiger partial charge < -0.3 is 0 Å². The Labute approximate surface area is 241 Å². The number of rotatable bonds is 30. The van der Waals surface area contributed by atoms with Crippen LogP contribution in [0.1, 0.15) is 188 Å². The molecule has 0 aromatic carbocycles. The lowest BCUT2D eigenvalue weighted by molar-refractivity contribution is 0.431. The van der Waals surface area contributed by atoms with E-state index in [0.29, 0.717) is 0 Å². The molecule has 38 heavy (non-hydrogen) atoms.